The average Bonchev–Trinajstić information content (AvgIpc) is 3.26. The summed E-state index contributed by atoms with van der Waals surface area (Å²) in [6.07, 6.45) is 2.14. The van der Waals surface area contributed by atoms with E-state index in [0.29, 0.717) is 67.5 Å². The van der Waals surface area contributed by atoms with Crippen LogP contribution < -0.4 is 0 Å². The molecule has 1 amide bonds. The van der Waals surface area contributed by atoms with Crippen LogP contribution in [0.25, 0.3) is 11.3 Å². The quantitative estimate of drug-likeness (QED) is 0.597. The number of likely N-dealkylation sites (tertiary alicyclic amines) is 1. The van der Waals surface area contributed by atoms with Crippen LogP contribution in [0.2, 0.25) is 0 Å². The number of hydrogen-bond acceptors (Lipinski definition) is 8. The van der Waals surface area contributed by atoms with Crippen molar-refractivity contribution in [2.24, 2.45) is 0 Å². The second kappa shape index (κ2) is 9.90. The lowest BCUT2D eigenvalue weighted by molar-refractivity contribution is -0.141. The first-order valence-electron chi connectivity index (χ1n) is 12.0. The summed E-state index contributed by atoms with van der Waals surface area (Å²) in [5, 5.41) is 4.86. The fourth-order valence-corrected chi connectivity index (χ4v) is 6.90. The molecule has 1 aromatic carbocycles. The van der Waals surface area contributed by atoms with Gasteiger partial charge in [-0.15, -0.1) is 0 Å². The van der Waals surface area contributed by atoms with Gasteiger partial charge < -0.3 is 19.3 Å². The van der Waals surface area contributed by atoms with E-state index in [9.17, 15) is 18.7 Å². The zero-order valence-electron chi connectivity index (χ0n) is 19.9. The third kappa shape index (κ3) is 4.70. The van der Waals surface area contributed by atoms with E-state index in [1.165, 1.54) is 7.11 Å². The van der Waals surface area contributed by atoms with Gasteiger partial charge in [0.05, 0.1) is 49.1 Å². The molecule has 10 nitrogen and oxygen atoms in total. The van der Waals surface area contributed by atoms with Crippen LogP contribution in [-0.4, -0.2) is 93.6 Å². The van der Waals surface area contributed by atoms with Crippen molar-refractivity contribution in [1.82, 2.24) is 19.6 Å². The SMILES string of the molecule is COC(=O)CCN1CCCC(n2nc(C(=O)N3CCOCC3)c3c2-c2ccccc2S(O)(O)C3)C1. The molecule has 35 heavy (non-hydrogen) atoms. The Hall–Kier alpha value is -2.44. The molecule has 0 spiro atoms. The normalized spacial score (nSPS) is 22.7. The zero-order valence-corrected chi connectivity index (χ0v) is 20.7. The molecule has 4 heterocycles. The van der Waals surface area contributed by atoms with Gasteiger partial charge in [0.15, 0.2) is 5.69 Å². The van der Waals surface area contributed by atoms with Crippen molar-refractivity contribution in [3.05, 3.63) is 35.5 Å². The van der Waals surface area contributed by atoms with Crippen LogP contribution >= 0.6 is 10.6 Å². The van der Waals surface area contributed by atoms with Crippen LogP contribution in [0.3, 0.4) is 0 Å². The fraction of sp³-hybridized carbons (Fsp3) is 0.542. The predicted octanol–water partition coefficient (Wildman–Crippen LogP) is 2.85. The van der Waals surface area contributed by atoms with E-state index in [1.54, 1.807) is 17.0 Å². The number of methoxy groups -OCH3 is 1. The number of piperidine rings is 1. The van der Waals surface area contributed by atoms with Gasteiger partial charge in [0.2, 0.25) is 0 Å². The first kappa shape index (κ1) is 24.3. The molecule has 0 aliphatic carbocycles. The number of fused-ring (bicyclic) bond motifs is 3. The number of aromatic nitrogens is 2. The molecule has 0 saturated carbocycles. The van der Waals surface area contributed by atoms with Crippen LogP contribution in [0, 0.1) is 0 Å². The minimum Gasteiger partial charge on any atom is -0.469 e. The van der Waals surface area contributed by atoms with Gasteiger partial charge in [-0.2, -0.15) is 15.7 Å². The van der Waals surface area contributed by atoms with Crippen LogP contribution in [0.15, 0.2) is 29.2 Å². The summed E-state index contributed by atoms with van der Waals surface area (Å²) in [7, 11) is -1.71. The molecule has 0 bridgehead atoms. The van der Waals surface area contributed by atoms with Crippen molar-refractivity contribution < 1.29 is 28.2 Å². The van der Waals surface area contributed by atoms with Crippen molar-refractivity contribution in [3.8, 4) is 11.3 Å². The Kier molecular flexibility index (Phi) is 6.86. The third-order valence-electron chi connectivity index (χ3n) is 7.04. The van der Waals surface area contributed by atoms with E-state index in [4.69, 9.17) is 14.6 Å². The first-order valence-corrected chi connectivity index (χ1v) is 13.7. The molecule has 3 aliphatic heterocycles. The number of morpholine rings is 1. The van der Waals surface area contributed by atoms with E-state index in [0.717, 1.165) is 25.1 Å². The Morgan fingerprint density at radius 2 is 1.97 bits per heavy atom. The molecule has 2 saturated heterocycles. The van der Waals surface area contributed by atoms with Crippen molar-refractivity contribution in [2.45, 2.75) is 36.0 Å². The van der Waals surface area contributed by atoms with E-state index >= 15 is 0 Å². The summed E-state index contributed by atoms with van der Waals surface area (Å²) >= 11 is 0. The van der Waals surface area contributed by atoms with Gasteiger partial charge in [0.1, 0.15) is 0 Å². The van der Waals surface area contributed by atoms with Crippen LogP contribution in [0.1, 0.15) is 41.4 Å². The highest BCUT2D eigenvalue weighted by Gasteiger charge is 2.39. The molecule has 3 aliphatic rings. The van der Waals surface area contributed by atoms with Crippen LogP contribution in [0.5, 0.6) is 0 Å². The van der Waals surface area contributed by atoms with Crippen molar-refractivity contribution in [2.75, 3.05) is 53.0 Å². The lowest BCUT2D eigenvalue weighted by atomic mass is 10.0. The van der Waals surface area contributed by atoms with E-state index in [2.05, 4.69) is 4.90 Å². The summed E-state index contributed by atoms with van der Waals surface area (Å²) in [5.41, 5.74) is 2.41. The largest absolute Gasteiger partial charge is 0.469 e. The van der Waals surface area contributed by atoms with Gasteiger partial charge in [-0.25, -0.2) is 0 Å². The number of esters is 1. The molecular weight excluding hydrogens is 472 g/mol. The summed E-state index contributed by atoms with van der Waals surface area (Å²) in [6, 6.07) is 7.29. The summed E-state index contributed by atoms with van der Waals surface area (Å²) in [6.45, 7) is 4.09. The topological polar surface area (TPSA) is 117 Å². The van der Waals surface area contributed by atoms with Crippen molar-refractivity contribution in [3.63, 3.8) is 0 Å². The Labute approximate surface area is 206 Å². The lowest BCUT2D eigenvalue weighted by Crippen LogP contribution is -2.41. The third-order valence-corrected chi connectivity index (χ3v) is 8.79. The fourth-order valence-electron chi connectivity index (χ4n) is 5.26. The Morgan fingerprint density at radius 1 is 1.20 bits per heavy atom. The second-order valence-corrected chi connectivity index (χ2v) is 11.3. The molecule has 5 rings (SSSR count). The highest BCUT2D eigenvalue weighted by molar-refractivity contribution is 8.23. The minimum absolute atomic E-state index is 0.00525. The highest BCUT2D eigenvalue weighted by Crippen LogP contribution is 2.60. The highest BCUT2D eigenvalue weighted by atomic mass is 32.3. The molecule has 11 heteroatoms. The number of carbonyl (C=O) groups excluding carboxylic acids is 2. The summed E-state index contributed by atoms with van der Waals surface area (Å²) < 4.78 is 34.1. The summed E-state index contributed by atoms with van der Waals surface area (Å²) in [5.74, 6) is -0.457. The molecular formula is C24H32N4O6S. The van der Waals surface area contributed by atoms with Gasteiger partial charge in [0.25, 0.3) is 5.91 Å². The van der Waals surface area contributed by atoms with Crippen molar-refractivity contribution >= 4 is 22.5 Å². The lowest BCUT2D eigenvalue weighted by Gasteiger charge is -2.39. The van der Waals surface area contributed by atoms with Gasteiger partial charge in [-0.05, 0) is 25.5 Å². The van der Waals surface area contributed by atoms with Gasteiger partial charge in [-0.1, -0.05) is 18.2 Å². The maximum atomic E-state index is 13.5. The first-order chi connectivity index (χ1) is 16.9. The Balaban J connectivity index is 1.54. The number of ether oxygens (including phenoxy) is 2. The van der Waals surface area contributed by atoms with E-state index < -0.39 is 10.6 Å². The molecule has 1 unspecified atom stereocenters. The monoisotopic (exact) mass is 504 g/mol. The number of nitrogens with zero attached hydrogens (tertiary/aromatic N) is 4. The molecule has 190 valence electrons. The number of benzene rings is 1. The van der Waals surface area contributed by atoms with Crippen molar-refractivity contribution in [1.29, 1.82) is 0 Å². The number of rotatable bonds is 5. The number of carbonyl (C=O) groups is 2. The van der Waals surface area contributed by atoms with E-state index in [-0.39, 0.29) is 23.7 Å². The maximum Gasteiger partial charge on any atom is 0.306 e. The maximum absolute atomic E-state index is 13.5. The van der Waals surface area contributed by atoms with Gasteiger partial charge >= 0.3 is 5.97 Å². The number of amides is 1. The zero-order chi connectivity index (χ0) is 24.6. The molecule has 2 N–H and O–H groups in total. The molecule has 1 atom stereocenters. The molecule has 0 radical (unpaired) electrons. The standard InChI is InChI=1S/C24H32N4O6S/c1-33-21(29)8-10-26-9-4-5-17(15-26)28-23-18-6-2-3-7-20(18)35(31,32)16-19(23)22(25-28)24(30)27-11-13-34-14-12-27/h2-3,6-7,17,31-32H,4-5,8-16H2,1H3. The molecule has 2 fully saturated rings. The Bertz CT molecular complexity index is 1110. The van der Waals surface area contributed by atoms with Gasteiger partial charge in [-0.3, -0.25) is 23.4 Å². The molecule has 1 aromatic heterocycles. The Morgan fingerprint density at radius 3 is 2.74 bits per heavy atom. The van der Waals surface area contributed by atoms with Gasteiger partial charge in [0, 0.05) is 37.3 Å². The second-order valence-electron chi connectivity index (χ2n) is 9.25. The summed E-state index contributed by atoms with van der Waals surface area (Å²) in [4.78, 5) is 29.7. The smallest absolute Gasteiger partial charge is 0.306 e. The van der Waals surface area contributed by atoms with Crippen LogP contribution in [-0.2, 0) is 20.0 Å². The van der Waals surface area contributed by atoms with E-state index in [1.807, 2.05) is 16.8 Å². The predicted molar refractivity (Wildman–Crippen MR) is 131 cm³/mol. The van der Waals surface area contributed by atoms with Crippen LogP contribution in [0.4, 0.5) is 0 Å². The number of hydrogen-bond donors (Lipinski definition) is 2. The average molecular weight is 505 g/mol. The molecule has 2 aromatic rings. The minimum atomic E-state index is -3.10.